The SMILES string of the molecule is C=C/C=C(/C)C(=C)C#CC(C)C.CC.CNc1ccc(N2CCN(C)CC2)cc1.Cc1ccc(C=O)cc1C#Cc1c(N)ncc2ccc(F)cc12. The summed E-state index contributed by atoms with van der Waals surface area (Å²) in [6.45, 7) is 24.1. The van der Waals surface area contributed by atoms with Crippen molar-refractivity contribution in [1.82, 2.24) is 9.88 Å². The third-order valence-corrected chi connectivity index (χ3v) is 7.98. The van der Waals surface area contributed by atoms with Crippen molar-refractivity contribution in [3.05, 3.63) is 131 Å². The maximum Gasteiger partial charge on any atom is 0.150 e. The molecule has 0 spiro atoms. The van der Waals surface area contributed by atoms with Gasteiger partial charge in [0.25, 0.3) is 0 Å². The Balaban J connectivity index is 0.000000281. The maximum atomic E-state index is 13.5. The van der Waals surface area contributed by atoms with Crippen LogP contribution in [-0.2, 0) is 0 Å². The van der Waals surface area contributed by atoms with Crippen LogP contribution in [0.25, 0.3) is 10.8 Å². The molecular formula is C45H54FN5O. The molecule has 3 N–H and O–H groups in total. The van der Waals surface area contributed by atoms with Crippen LogP contribution in [0, 0.1) is 42.3 Å². The first-order chi connectivity index (χ1) is 24.9. The number of hydrogen-bond donors (Lipinski definition) is 2. The molecule has 0 atom stereocenters. The molecule has 0 saturated carbocycles. The van der Waals surface area contributed by atoms with Gasteiger partial charge in [0.05, 0.1) is 5.56 Å². The van der Waals surface area contributed by atoms with Gasteiger partial charge in [-0.15, -0.1) is 0 Å². The molecule has 52 heavy (non-hydrogen) atoms. The molecule has 1 fully saturated rings. The van der Waals surface area contributed by atoms with Gasteiger partial charge in [0.2, 0.25) is 0 Å². The first-order valence-corrected chi connectivity index (χ1v) is 17.6. The van der Waals surface area contributed by atoms with Gasteiger partial charge in [-0.25, -0.2) is 9.37 Å². The second-order valence-corrected chi connectivity index (χ2v) is 12.3. The van der Waals surface area contributed by atoms with Gasteiger partial charge in [0.15, 0.2) is 0 Å². The lowest BCUT2D eigenvalue weighted by Gasteiger charge is -2.34. The van der Waals surface area contributed by atoms with E-state index in [2.05, 4.69) is 102 Å². The van der Waals surface area contributed by atoms with Crippen LogP contribution in [0.5, 0.6) is 0 Å². The van der Waals surface area contributed by atoms with E-state index in [4.69, 9.17) is 5.73 Å². The number of aldehydes is 1. The van der Waals surface area contributed by atoms with Crippen molar-refractivity contribution < 1.29 is 9.18 Å². The Bertz CT molecular complexity index is 1940. The van der Waals surface area contributed by atoms with Crippen molar-refractivity contribution in [1.29, 1.82) is 0 Å². The predicted octanol–water partition coefficient (Wildman–Crippen LogP) is 9.32. The molecule has 1 aliphatic rings. The minimum Gasteiger partial charge on any atom is -0.388 e. The van der Waals surface area contributed by atoms with Crippen molar-refractivity contribution in [2.75, 3.05) is 56.2 Å². The zero-order valence-electron chi connectivity index (χ0n) is 32.1. The Morgan fingerprint density at radius 1 is 1.02 bits per heavy atom. The fraction of sp³-hybridized carbons (Fsp3) is 0.289. The number of nitrogens with two attached hydrogens (primary N) is 1. The second kappa shape index (κ2) is 22.2. The fourth-order valence-corrected chi connectivity index (χ4v) is 4.82. The van der Waals surface area contributed by atoms with Gasteiger partial charge in [-0.1, -0.05) is 88.8 Å². The fourth-order valence-electron chi connectivity index (χ4n) is 4.82. The van der Waals surface area contributed by atoms with E-state index in [9.17, 15) is 9.18 Å². The standard InChI is InChI=1S/C19H13FN2O.C12H19N3.C12H16.C2H6/c1-12-2-3-13(11-23)8-14(12)5-7-17-18-9-16(20)6-4-15(18)10-22-19(17)21;1-13-11-3-5-12(6-4-11)15-9-7-14(2)8-10-15;1-6-7-11(4)12(5)9-8-10(2)3;1-2/h2-4,6,8-11H,1H3,(H2,21,22);3-6,13H,7-10H2,1-2H3;6-7,10H,1,5H2,2-4H3;1-2H3/b;;11-7-;. The van der Waals surface area contributed by atoms with E-state index in [1.807, 2.05) is 46.9 Å². The summed E-state index contributed by atoms with van der Waals surface area (Å²) >= 11 is 0. The first-order valence-electron chi connectivity index (χ1n) is 17.6. The lowest BCUT2D eigenvalue weighted by Crippen LogP contribution is -2.44. The highest BCUT2D eigenvalue weighted by atomic mass is 19.1. The molecule has 0 bridgehead atoms. The van der Waals surface area contributed by atoms with Gasteiger partial charge in [-0.3, -0.25) is 4.79 Å². The van der Waals surface area contributed by atoms with Gasteiger partial charge in [0.1, 0.15) is 17.9 Å². The highest BCUT2D eigenvalue weighted by Gasteiger charge is 2.13. The molecule has 4 aromatic rings. The summed E-state index contributed by atoms with van der Waals surface area (Å²) in [5, 5.41) is 4.52. The number of piperazine rings is 1. The summed E-state index contributed by atoms with van der Waals surface area (Å²) < 4.78 is 13.5. The number of anilines is 3. The molecule has 6 nitrogen and oxygen atoms in total. The third kappa shape index (κ3) is 13.6. The van der Waals surface area contributed by atoms with Gasteiger partial charge < -0.3 is 20.9 Å². The zero-order chi connectivity index (χ0) is 38.6. The topological polar surface area (TPSA) is 74.5 Å². The van der Waals surface area contributed by atoms with Crippen LogP contribution in [0.2, 0.25) is 0 Å². The number of rotatable bonds is 5. The lowest BCUT2D eigenvalue weighted by atomic mass is 10.0. The number of pyridine rings is 1. The molecule has 0 unspecified atom stereocenters. The van der Waals surface area contributed by atoms with Crippen LogP contribution in [0.1, 0.15) is 61.7 Å². The number of benzene rings is 3. The number of nitrogens with zero attached hydrogens (tertiary/aromatic N) is 3. The van der Waals surface area contributed by atoms with Crippen LogP contribution in [0.4, 0.5) is 21.6 Å². The number of halogens is 1. The second-order valence-electron chi connectivity index (χ2n) is 12.3. The average Bonchev–Trinajstić information content (AvgIpc) is 3.16. The van der Waals surface area contributed by atoms with Crippen LogP contribution in [0.15, 0.2) is 103 Å². The smallest absolute Gasteiger partial charge is 0.150 e. The number of nitrogens with one attached hydrogen (secondary N) is 1. The third-order valence-electron chi connectivity index (χ3n) is 7.98. The van der Waals surface area contributed by atoms with Crippen LogP contribution < -0.4 is 16.0 Å². The molecule has 1 aliphatic heterocycles. The average molecular weight is 700 g/mol. The Morgan fingerprint density at radius 3 is 2.29 bits per heavy atom. The Morgan fingerprint density at radius 2 is 1.69 bits per heavy atom. The number of allylic oxidation sites excluding steroid dienone is 4. The van der Waals surface area contributed by atoms with Crippen molar-refractivity contribution in [3.8, 4) is 23.7 Å². The Kier molecular flexibility index (Phi) is 18.2. The number of carbonyl (C=O) groups excluding carboxylic acids is 1. The molecule has 272 valence electrons. The van der Waals surface area contributed by atoms with Crippen LogP contribution in [-0.4, -0.2) is 56.4 Å². The van der Waals surface area contributed by atoms with Gasteiger partial charge >= 0.3 is 0 Å². The summed E-state index contributed by atoms with van der Waals surface area (Å²) in [6, 6.07) is 18.3. The molecule has 5 rings (SSSR count). The molecular weight excluding hydrogens is 646 g/mol. The van der Waals surface area contributed by atoms with Crippen molar-refractivity contribution >= 4 is 34.3 Å². The van der Waals surface area contributed by atoms with Crippen molar-refractivity contribution in [3.63, 3.8) is 0 Å². The van der Waals surface area contributed by atoms with Crippen molar-refractivity contribution in [2.24, 2.45) is 5.92 Å². The highest BCUT2D eigenvalue weighted by molar-refractivity contribution is 5.91. The Labute approximate surface area is 311 Å². The number of fused-ring (bicyclic) bond motifs is 1. The minimum atomic E-state index is -0.356. The molecule has 0 amide bonds. The van der Waals surface area contributed by atoms with Crippen LogP contribution >= 0.6 is 0 Å². The quantitative estimate of drug-likeness (QED) is 0.123. The lowest BCUT2D eigenvalue weighted by molar-refractivity contribution is 0.112. The molecule has 1 aromatic heterocycles. The molecule has 1 saturated heterocycles. The van der Waals surface area contributed by atoms with E-state index in [-0.39, 0.29) is 11.6 Å². The van der Waals surface area contributed by atoms with E-state index < -0.39 is 0 Å². The molecule has 2 heterocycles. The minimum absolute atomic E-state index is 0.250. The number of aromatic nitrogens is 1. The maximum absolute atomic E-state index is 13.5. The molecule has 7 heteroatoms. The van der Waals surface area contributed by atoms with E-state index in [1.165, 1.54) is 23.5 Å². The predicted molar refractivity (Wildman–Crippen MR) is 221 cm³/mol. The number of carbonyl (C=O) groups is 1. The molecule has 0 radical (unpaired) electrons. The van der Waals surface area contributed by atoms with Crippen molar-refractivity contribution in [2.45, 2.75) is 41.5 Å². The number of aryl methyl sites for hydroxylation is 1. The van der Waals surface area contributed by atoms with Gasteiger partial charge in [-0.2, -0.15) is 0 Å². The number of hydrogen-bond acceptors (Lipinski definition) is 6. The first kappa shape index (κ1) is 42.5. The summed E-state index contributed by atoms with van der Waals surface area (Å²) in [6.07, 6.45) is 6.02. The summed E-state index contributed by atoms with van der Waals surface area (Å²) in [7, 11) is 4.13. The normalized spacial score (nSPS) is 12.2. The summed E-state index contributed by atoms with van der Waals surface area (Å²) in [5.74, 6) is 12.3. The molecule has 3 aromatic carbocycles. The van der Waals surface area contributed by atoms with Gasteiger partial charge in [0, 0.05) is 84.2 Å². The van der Waals surface area contributed by atoms with Crippen LogP contribution in [0.3, 0.4) is 0 Å². The van der Waals surface area contributed by atoms with Gasteiger partial charge in [-0.05, 0) is 80.6 Å². The number of likely N-dealkylation sites (N-methyl/N-ethyl adjacent to an activating group) is 1. The monoisotopic (exact) mass is 699 g/mol. The van der Waals surface area contributed by atoms with E-state index in [1.54, 1.807) is 30.5 Å². The highest BCUT2D eigenvalue weighted by Crippen LogP contribution is 2.23. The summed E-state index contributed by atoms with van der Waals surface area (Å²) in [5.41, 5.74) is 13.1. The van der Waals surface area contributed by atoms with E-state index in [0.717, 1.165) is 60.1 Å². The van der Waals surface area contributed by atoms with E-state index >= 15 is 0 Å². The molecule has 0 aliphatic carbocycles. The van der Waals surface area contributed by atoms with E-state index in [0.29, 0.717) is 22.4 Å². The summed E-state index contributed by atoms with van der Waals surface area (Å²) in [4.78, 5) is 19.8. The number of nitrogen functional groups attached to an aromatic ring is 1. The largest absolute Gasteiger partial charge is 0.388 e. The zero-order valence-corrected chi connectivity index (χ0v) is 32.1. The Hall–Kier alpha value is -5.63.